The lowest BCUT2D eigenvalue weighted by Gasteiger charge is -2.06. The van der Waals surface area contributed by atoms with Gasteiger partial charge in [0.1, 0.15) is 17.6 Å². The Morgan fingerprint density at radius 2 is 2.00 bits per heavy atom. The van der Waals surface area contributed by atoms with Gasteiger partial charge in [0.15, 0.2) is 12.4 Å². The molecule has 3 nitrogen and oxygen atoms in total. The third kappa shape index (κ3) is 3.17. The maximum absolute atomic E-state index is 13.0. The van der Waals surface area contributed by atoms with Crippen molar-refractivity contribution in [2.45, 2.75) is 0 Å². The molecule has 19 heavy (non-hydrogen) atoms. The number of Topliss-reactive ketones (excluding diaryl/α,β-unsaturated/α-hetero) is 1. The van der Waals surface area contributed by atoms with Crippen molar-refractivity contribution in [1.82, 2.24) is 0 Å². The van der Waals surface area contributed by atoms with Gasteiger partial charge in [0.25, 0.3) is 0 Å². The number of hydrogen-bond acceptors (Lipinski definition) is 3. The van der Waals surface area contributed by atoms with Crippen molar-refractivity contribution in [1.29, 1.82) is 5.26 Å². The van der Waals surface area contributed by atoms with Crippen molar-refractivity contribution in [3.05, 3.63) is 65.5 Å². The van der Waals surface area contributed by atoms with Crippen molar-refractivity contribution in [3.63, 3.8) is 0 Å². The van der Waals surface area contributed by atoms with Gasteiger partial charge in [-0.25, -0.2) is 4.39 Å². The zero-order valence-electron chi connectivity index (χ0n) is 9.97. The van der Waals surface area contributed by atoms with Gasteiger partial charge in [-0.2, -0.15) is 5.26 Å². The first-order chi connectivity index (χ1) is 9.20. The number of ketones is 1. The Labute approximate surface area is 109 Å². The highest BCUT2D eigenvalue weighted by Crippen LogP contribution is 2.17. The molecule has 2 aromatic carbocycles. The van der Waals surface area contributed by atoms with E-state index >= 15 is 0 Å². The SMILES string of the molecule is N#Cc1ccccc1OCC(=O)c1cccc(F)c1. The van der Waals surface area contributed by atoms with E-state index in [1.54, 1.807) is 24.3 Å². The Hall–Kier alpha value is -2.67. The predicted octanol–water partition coefficient (Wildman–Crippen LogP) is 2.96. The number of carbonyl (C=O) groups is 1. The largest absolute Gasteiger partial charge is 0.484 e. The average Bonchev–Trinajstić information content (AvgIpc) is 2.45. The van der Waals surface area contributed by atoms with Crippen LogP contribution in [-0.2, 0) is 0 Å². The molecule has 0 fully saturated rings. The van der Waals surface area contributed by atoms with Crippen LogP contribution in [0.15, 0.2) is 48.5 Å². The molecule has 0 saturated carbocycles. The van der Waals surface area contributed by atoms with Crippen molar-refractivity contribution in [2.24, 2.45) is 0 Å². The van der Waals surface area contributed by atoms with Crippen LogP contribution in [0.25, 0.3) is 0 Å². The summed E-state index contributed by atoms with van der Waals surface area (Å²) in [6, 6.07) is 14.0. The molecule has 0 bridgehead atoms. The number of hydrogen-bond donors (Lipinski definition) is 0. The van der Waals surface area contributed by atoms with E-state index in [-0.39, 0.29) is 18.0 Å². The summed E-state index contributed by atoms with van der Waals surface area (Å²) in [5.41, 5.74) is 0.601. The van der Waals surface area contributed by atoms with Gasteiger partial charge >= 0.3 is 0 Å². The Morgan fingerprint density at radius 1 is 1.21 bits per heavy atom. The van der Waals surface area contributed by atoms with Crippen molar-refractivity contribution < 1.29 is 13.9 Å². The highest BCUT2D eigenvalue weighted by Gasteiger charge is 2.09. The molecule has 0 heterocycles. The molecule has 0 radical (unpaired) electrons. The molecule has 2 rings (SSSR count). The van der Waals surface area contributed by atoms with Crippen LogP contribution < -0.4 is 4.74 Å². The summed E-state index contributed by atoms with van der Waals surface area (Å²) in [5, 5.41) is 8.87. The first-order valence-electron chi connectivity index (χ1n) is 5.61. The van der Waals surface area contributed by atoms with Crippen molar-refractivity contribution in [3.8, 4) is 11.8 Å². The second kappa shape index (κ2) is 5.78. The fraction of sp³-hybridized carbons (Fsp3) is 0.0667. The van der Waals surface area contributed by atoms with Crippen LogP contribution in [0, 0.1) is 17.1 Å². The van der Waals surface area contributed by atoms with Gasteiger partial charge < -0.3 is 4.74 Å². The molecule has 0 N–H and O–H groups in total. The minimum atomic E-state index is -0.469. The third-order valence-electron chi connectivity index (χ3n) is 2.51. The summed E-state index contributed by atoms with van der Waals surface area (Å²) in [5.74, 6) is -0.467. The van der Waals surface area contributed by atoms with Crippen LogP contribution in [-0.4, -0.2) is 12.4 Å². The van der Waals surface area contributed by atoms with Crippen LogP contribution in [0.2, 0.25) is 0 Å². The molecule has 0 aromatic heterocycles. The Balaban J connectivity index is 2.07. The van der Waals surface area contributed by atoms with Gasteiger partial charge in [-0.3, -0.25) is 4.79 Å². The number of ether oxygens (including phenoxy) is 1. The zero-order chi connectivity index (χ0) is 13.7. The fourth-order valence-electron chi connectivity index (χ4n) is 1.57. The zero-order valence-corrected chi connectivity index (χ0v) is 9.97. The Kier molecular flexibility index (Phi) is 3.89. The molecular weight excluding hydrogens is 245 g/mol. The summed E-state index contributed by atoms with van der Waals surface area (Å²) in [7, 11) is 0. The second-order valence-corrected chi connectivity index (χ2v) is 3.83. The average molecular weight is 255 g/mol. The smallest absolute Gasteiger partial charge is 0.200 e. The van der Waals surface area contributed by atoms with Crippen LogP contribution in [0.5, 0.6) is 5.75 Å². The summed E-state index contributed by atoms with van der Waals surface area (Å²) in [6.07, 6.45) is 0. The highest BCUT2D eigenvalue weighted by atomic mass is 19.1. The first-order valence-corrected chi connectivity index (χ1v) is 5.61. The Morgan fingerprint density at radius 3 is 2.74 bits per heavy atom. The van der Waals surface area contributed by atoms with E-state index in [0.717, 1.165) is 6.07 Å². The van der Waals surface area contributed by atoms with E-state index in [1.807, 2.05) is 6.07 Å². The maximum atomic E-state index is 13.0. The van der Waals surface area contributed by atoms with E-state index < -0.39 is 5.82 Å². The molecule has 0 saturated heterocycles. The molecule has 0 amide bonds. The van der Waals surface area contributed by atoms with E-state index in [4.69, 9.17) is 10.00 Å². The maximum Gasteiger partial charge on any atom is 0.200 e. The molecule has 0 unspecified atom stereocenters. The fourth-order valence-corrected chi connectivity index (χ4v) is 1.57. The van der Waals surface area contributed by atoms with Crippen LogP contribution in [0.3, 0.4) is 0 Å². The number of carbonyl (C=O) groups excluding carboxylic acids is 1. The molecule has 0 aliphatic carbocycles. The van der Waals surface area contributed by atoms with E-state index in [2.05, 4.69) is 0 Å². The minimum absolute atomic E-state index is 0.234. The summed E-state index contributed by atoms with van der Waals surface area (Å²) < 4.78 is 18.3. The standard InChI is InChI=1S/C15H10FNO2/c16-13-6-3-5-11(8-13)14(18)10-19-15-7-2-1-4-12(15)9-17/h1-8H,10H2. The number of nitriles is 1. The lowest BCUT2D eigenvalue weighted by molar-refractivity contribution is 0.0921. The topological polar surface area (TPSA) is 50.1 Å². The highest BCUT2D eigenvalue weighted by molar-refractivity contribution is 5.97. The molecular formula is C15H10FNO2. The number of benzene rings is 2. The number of nitrogens with zero attached hydrogens (tertiary/aromatic N) is 1. The number of halogens is 1. The lowest BCUT2D eigenvalue weighted by Crippen LogP contribution is -2.12. The normalized spacial score (nSPS) is 9.68. The quantitative estimate of drug-likeness (QED) is 0.789. The molecule has 0 aliphatic heterocycles. The van der Waals surface area contributed by atoms with E-state index in [9.17, 15) is 9.18 Å². The van der Waals surface area contributed by atoms with Crippen LogP contribution in [0.1, 0.15) is 15.9 Å². The monoisotopic (exact) mass is 255 g/mol. The molecule has 4 heteroatoms. The molecule has 0 atom stereocenters. The van der Waals surface area contributed by atoms with Gasteiger partial charge in [0, 0.05) is 5.56 Å². The summed E-state index contributed by atoms with van der Waals surface area (Å²) in [6.45, 7) is -0.234. The van der Waals surface area contributed by atoms with Gasteiger partial charge in [-0.05, 0) is 24.3 Å². The van der Waals surface area contributed by atoms with Crippen LogP contribution in [0.4, 0.5) is 4.39 Å². The first kappa shape index (κ1) is 12.8. The van der Waals surface area contributed by atoms with Gasteiger partial charge in [-0.15, -0.1) is 0 Å². The number of rotatable bonds is 4. The predicted molar refractivity (Wildman–Crippen MR) is 67.4 cm³/mol. The molecule has 0 aliphatic rings. The molecule has 2 aromatic rings. The van der Waals surface area contributed by atoms with Crippen molar-refractivity contribution >= 4 is 5.78 Å². The molecule has 0 spiro atoms. The van der Waals surface area contributed by atoms with E-state index in [0.29, 0.717) is 11.3 Å². The third-order valence-corrected chi connectivity index (χ3v) is 2.51. The minimum Gasteiger partial charge on any atom is -0.484 e. The Bertz CT molecular complexity index is 647. The lowest BCUT2D eigenvalue weighted by atomic mass is 10.1. The van der Waals surface area contributed by atoms with Crippen LogP contribution >= 0.6 is 0 Å². The van der Waals surface area contributed by atoms with Gasteiger partial charge in [0.2, 0.25) is 0 Å². The summed E-state index contributed by atoms with van der Waals surface area (Å²) in [4.78, 5) is 11.8. The number of para-hydroxylation sites is 1. The van der Waals surface area contributed by atoms with Gasteiger partial charge in [-0.1, -0.05) is 24.3 Å². The van der Waals surface area contributed by atoms with Crippen molar-refractivity contribution in [2.75, 3.05) is 6.61 Å². The summed E-state index contributed by atoms with van der Waals surface area (Å²) >= 11 is 0. The molecule has 94 valence electrons. The van der Waals surface area contributed by atoms with E-state index in [1.165, 1.54) is 18.2 Å². The second-order valence-electron chi connectivity index (χ2n) is 3.83. The van der Waals surface area contributed by atoms with Gasteiger partial charge in [0.05, 0.1) is 5.56 Å².